The van der Waals surface area contributed by atoms with E-state index in [1.165, 1.54) is 0 Å². The highest BCUT2D eigenvalue weighted by atomic mass is 16.5. The summed E-state index contributed by atoms with van der Waals surface area (Å²) in [6, 6.07) is 9.17. The summed E-state index contributed by atoms with van der Waals surface area (Å²) >= 11 is 0. The molecule has 3 heteroatoms. The maximum absolute atomic E-state index is 11.6. The number of carbonyl (C=O) groups is 1. The summed E-state index contributed by atoms with van der Waals surface area (Å²) in [7, 11) is 0. The minimum atomic E-state index is -0.565. The minimum Gasteiger partial charge on any atom is -0.465 e. The number of esters is 1. The van der Waals surface area contributed by atoms with Crippen LogP contribution in [0.1, 0.15) is 25.8 Å². The first-order valence-corrected chi connectivity index (χ1v) is 6.05. The van der Waals surface area contributed by atoms with Crippen LogP contribution in [0.3, 0.4) is 0 Å². The van der Waals surface area contributed by atoms with Crippen molar-refractivity contribution in [1.82, 2.24) is 0 Å². The second kappa shape index (κ2) is 7.07. The van der Waals surface area contributed by atoms with Crippen molar-refractivity contribution in [2.24, 2.45) is 11.7 Å². The third kappa shape index (κ3) is 5.50. The van der Waals surface area contributed by atoms with Crippen molar-refractivity contribution in [1.29, 1.82) is 0 Å². The van der Waals surface area contributed by atoms with E-state index in [9.17, 15) is 4.79 Å². The standard InChI is InChI=1S/C14H21NO2/c1-11(2)8-9-17-14(16)13(15)10-12-6-4-3-5-7-12/h3-7,11,13H,8-10,15H2,1-2H3. The Morgan fingerprint density at radius 3 is 2.53 bits per heavy atom. The Hall–Kier alpha value is -1.35. The predicted octanol–water partition coefficient (Wildman–Crippen LogP) is 2.15. The quantitative estimate of drug-likeness (QED) is 0.769. The number of ether oxygens (including phenoxy) is 1. The second-order valence-electron chi connectivity index (χ2n) is 4.65. The van der Waals surface area contributed by atoms with Gasteiger partial charge in [-0.25, -0.2) is 0 Å². The van der Waals surface area contributed by atoms with E-state index in [0.717, 1.165) is 12.0 Å². The van der Waals surface area contributed by atoms with Gasteiger partial charge in [-0.05, 0) is 24.3 Å². The van der Waals surface area contributed by atoms with Crippen LogP contribution in [-0.2, 0) is 16.0 Å². The van der Waals surface area contributed by atoms with Gasteiger partial charge in [-0.1, -0.05) is 44.2 Å². The molecule has 0 bridgehead atoms. The second-order valence-corrected chi connectivity index (χ2v) is 4.65. The summed E-state index contributed by atoms with van der Waals surface area (Å²) in [5.74, 6) is 0.225. The summed E-state index contributed by atoms with van der Waals surface area (Å²) in [6.07, 6.45) is 1.41. The van der Waals surface area contributed by atoms with Gasteiger partial charge in [0.15, 0.2) is 0 Å². The first-order valence-electron chi connectivity index (χ1n) is 6.05. The third-order valence-electron chi connectivity index (χ3n) is 2.54. The van der Waals surface area contributed by atoms with Gasteiger partial charge in [0.05, 0.1) is 6.61 Å². The zero-order valence-corrected chi connectivity index (χ0v) is 10.6. The van der Waals surface area contributed by atoms with Crippen molar-refractivity contribution in [2.45, 2.75) is 32.7 Å². The molecule has 1 aromatic rings. The summed E-state index contributed by atoms with van der Waals surface area (Å²) in [5, 5.41) is 0. The lowest BCUT2D eigenvalue weighted by atomic mass is 10.1. The fourth-order valence-electron chi connectivity index (χ4n) is 1.45. The smallest absolute Gasteiger partial charge is 0.323 e. The number of rotatable bonds is 6. The third-order valence-corrected chi connectivity index (χ3v) is 2.54. The molecule has 0 heterocycles. The van der Waals surface area contributed by atoms with Crippen molar-refractivity contribution < 1.29 is 9.53 Å². The SMILES string of the molecule is CC(C)CCOC(=O)C(N)Cc1ccccc1. The van der Waals surface area contributed by atoms with Gasteiger partial charge in [-0.15, -0.1) is 0 Å². The zero-order valence-electron chi connectivity index (χ0n) is 10.6. The molecule has 17 heavy (non-hydrogen) atoms. The fraction of sp³-hybridized carbons (Fsp3) is 0.500. The van der Waals surface area contributed by atoms with Crippen LogP contribution >= 0.6 is 0 Å². The summed E-state index contributed by atoms with van der Waals surface area (Å²) in [6.45, 7) is 4.65. The van der Waals surface area contributed by atoms with E-state index < -0.39 is 6.04 Å². The van der Waals surface area contributed by atoms with Crippen LogP contribution < -0.4 is 5.73 Å². The van der Waals surface area contributed by atoms with Gasteiger partial charge in [-0.3, -0.25) is 4.79 Å². The normalized spacial score (nSPS) is 12.5. The first-order chi connectivity index (χ1) is 8.09. The van der Waals surface area contributed by atoms with Crippen molar-refractivity contribution in [3.63, 3.8) is 0 Å². The number of hydrogen-bond acceptors (Lipinski definition) is 3. The summed E-state index contributed by atoms with van der Waals surface area (Å²) in [4.78, 5) is 11.6. The van der Waals surface area contributed by atoms with E-state index in [1.807, 2.05) is 30.3 Å². The molecule has 0 spiro atoms. The molecule has 1 rings (SSSR count). The molecule has 0 aliphatic heterocycles. The molecule has 0 aliphatic carbocycles. The molecule has 0 radical (unpaired) electrons. The highest BCUT2D eigenvalue weighted by Crippen LogP contribution is 2.04. The molecule has 0 aliphatic rings. The molecule has 0 aromatic heterocycles. The van der Waals surface area contributed by atoms with E-state index in [-0.39, 0.29) is 5.97 Å². The van der Waals surface area contributed by atoms with E-state index >= 15 is 0 Å². The minimum absolute atomic E-state index is 0.311. The topological polar surface area (TPSA) is 52.3 Å². The van der Waals surface area contributed by atoms with E-state index in [4.69, 9.17) is 10.5 Å². The van der Waals surface area contributed by atoms with Crippen molar-refractivity contribution in [2.75, 3.05) is 6.61 Å². The lowest BCUT2D eigenvalue weighted by Gasteiger charge is -2.12. The maximum atomic E-state index is 11.6. The molecule has 3 nitrogen and oxygen atoms in total. The lowest BCUT2D eigenvalue weighted by Crippen LogP contribution is -2.34. The molecule has 0 saturated carbocycles. The molecule has 0 fully saturated rings. The number of hydrogen-bond donors (Lipinski definition) is 1. The van der Waals surface area contributed by atoms with Gasteiger partial charge in [0.2, 0.25) is 0 Å². The van der Waals surface area contributed by atoms with Gasteiger partial charge in [-0.2, -0.15) is 0 Å². The Kier molecular flexibility index (Phi) is 5.70. The fourth-order valence-corrected chi connectivity index (χ4v) is 1.45. The Balaban J connectivity index is 2.32. The van der Waals surface area contributed by atoms with Crippen molar-refractivity contribution >= 4 is 5.97 Å². The van der Waals surface area contributed by atoms with Crippen LogP contribution in [0.5, 0.6) is 0 Å². The van der Waals surface area contributed by atoms with Gasteiger partial charge in [0.25, 0.3) is 0 Å². The largest absolute Gasteiger partial charge is 0.465 e. The van der Waals surface area contributed by atoms with Crippen LogP contribution in [0.15, 0.2) is 30.3 Å². The van der Waals surface area contributed by atoms with E-state index in [2.05, 4.69) is 13.8 Å². The maximum Gasteiger partial charge on any atom is 0.323 e. The van der Waals surface area contributed by atoms with Crippen LogP contribution in [0.25, 0.3) is 0 Å². The zero-order chi connectivity index (χ0) is 12.7. The molecule has 0 saturated heterocycles. The van der Waals surface area contributed by atoms with Crippen LogP contribution in [-0.4, -0.2) is 18.6 Å². The molecule has 1 atom stereocenters. The number of benzene rings is 1. The van der Waals surface area contributed by atoms with Crippen LogP contribution in [0.4, 0.5) is 0 Å². The Labute approximate surface area is 103 Å². The highest BCUT2D eigenvalue weighted by molar-refractivity contribution is 5.75. The molecule has 0 amide bonds. The average Bonchev–Trinajstić information content (AvgIpc) is 2.29. The van der Waals surface area contributed by atoms with Gasteiger partial charge >= 0.3 is 5.97 Å². The van der Waals surface area contributed by atoms with Crippen molar-refractivity contribution in [3.8, 4) is 0 Å². The van der Waals surface area contributed by atoms with Gasteiger partial charge in [0.1, 0.15) is 6.04 Å². The van der Waals surface area contributed by atoms with E-state index in [0.29, 0.717) is 18.9 Å². The summed E-state index contributed by atoms with van der Waals surface area (Å²) in [5.41, 5.74) is 6.85. The first kappa shape index (κ1) is 13.7. The predicted molar refractivity (Wildman–Crippen MR) is 68.5 cm³/mol. The number of nitrogens with two attached hydrogens (primary N) is 1. The average molecular weight is 235 g/mol. The molecule has 2 N–H and O–H groups in total. The Bertz CT molecular complexity index is 335. The number of carbonyl (C=O) groups excluding carboxylic acids is 1. The molecule has 1 unspecified atom stereocenters. The Morgan fingerprint density at radius 1 is 1.29 bits per heavy atom. The molecular weight excluding hydrogens is 214 g/mol. The van der Waals surface area contributed by atoms with Crippen LogP contribution in [0, 0.1) is 5.92 Å². The van der Waals surface area contributed by atoms with Gasteiger partial charge < -0.3 is 10.5 Å². The van der Waals surface area contributed by atoms with Crippen LogP contribution in [0.2, 0.25) is 0 Å². The highest BCUT2D eigenvalue weighted by Gasteiger charge is 2.15. The molecule has 1 aromatic carbocycles. The van der Waals surface area contributed by atoms with E-state index in [1.54, 1.807) is 0 Å². The summed E-state index contributed by atoms with van der Waals surface area (Å²) < 4.78 is 5.12. The monoisotopic (exact) mass is 235 g/mol. The molecular formula is C14H21NO2. The molecule has 94 valence electrons. The lowest BCUT2D eigenvalue weighted by molar-refractivity contribution is -0.145. The van der Waals surface area contributed by atoms with Gasteiger partial charge in [0, 0.05) is 0 Å². The van der Waals surface area contributed by atoms with Crippen molar-refractivity contribution in [3.05, 3.63) is 35.9 Å². The Morgan fingerprint density at radius 2 is 1.94 bits per heavy atom.